The van der Waals surface area contributed by atoms with E-state index in [1.165, 1.54) is 0 Å². The summed E-state index contributed by atoms with van der Waals surface area (Å²) in [6.45, 7) is 6.58. The number of nitrogens with one attached hydrogen (secondary N) is 1. The van der Waals surface area contributed by atoms with Crippen molar-refractivity contribution in [3.05, 3.63) is 59.2 Å². The van der Waals surface area contributed by atoms with Crippen molar-refractivity contribution in [1.29, 1.82) is 0 Å². The topological polar surface area (TPSA) is 55.9 Å². The Kier molecular flexibility index (Phi) is 3.48. The largest absolute Gasteiger partial charge is 0.376 e. The molecule has 2 aromatic heterocycles. The zero-order valence-corrected chi connectivity index (χ0v) is 12.4. The molecule has 0 atom stereocenters. The van der Waals surface area contributed by atoms with Crippen LogP contribution in [0.3, 0.4) is 0 Å². The SMILES string of the molecule is Cc1cc(CNc2c(C)nn(-c3ccccc3)c2C)no1. The molecule has 0 aliphatic rings. The summed E-state index contributed by atoms with van der Waals surface area (Å²) in [5, 5.41) is 12.0. The quantitative estimate of drug-likeness (QED) is 0.797. The average Bonchev–Trinajstić information content (AvgIpc) is 3.02. The van der Waals surface area contributed by atoms with Crippen LogP contribution in [0.25, 0.3) is 5.69 Å². The van der Waals surface area contributed by atoms with E-state index in [0.717, 1.165) is 34.2 Å². The lowest BCUT2D eigenvalue weighted by atomic mass is 10.2. The summed E-state index contributed by atoms with van der Waals surface area (Å²) in [4.78, 5) is 0. The molecule has 0 saturated carbocycles. The molecule has 0 fully saturated rings. The second-order valence-electron chi connectivity index (χ2n) is 5.08. The standard InChI is InChI=1S/C16H18N4O/c1-11-9-14(19-21-11)10-17-16-12(2)18-20(13(16)3)15-7-5-4-6-8-15/h4-9,17H,10H2,1-3H3. The fraction of sp³-hybridized carbons (Fsp3) is 0.250. The second-order valence-corrected chi connectivity index (χ2v) is 5.08. The molecule has 3 aromatic rings. The summed E-state index contributed by atoms with van der Waals surface area (Å²) in [5.74, 6) is 0.820. The van der Waals surface area contributed by atoms with Gasteiger partial charge in [-0.05, 0) is 32.9 Å². The van der Waals surface area contributed by atoms with E-state index in [-0.39, 0.29) is 0 Å². The van der Waals surface area contributed by atoms with Crippen LogP contribution < -0.4 is 5.32 Å². The van der Waals surface area contributed by atoms with Crippen molar-refractivity contribution in [3.8, 4) is 5.69 Å². The maximum absolute atomic E-state index is 5.08. The third-order valence-corrected chi connectivity index (χ3v) is 3.42. The van der Waals surface area contributed by atoms with Crippen molar-refractivity contribution in [2.45, 2.75) is 27.3 Å². The first-order chi connectivity index (χ1) is 10.1. The third-order valence-electron chi connectivity index (χ3n) is 3.42. The summed E-state index contributed by atoms with van der Waals surface area (Å²) in [6.07, 6.45) is 0. The lowest BCUT2D eigenvalue weighted by Gasteiger charge is -2.06. The minimum Gasteiger partial charge on any atom is -0.376 e. The molecule has 0 radical (unpaired) electrons. The molecule has 2 heterocycles. The number of aryl methyl sites for hydroxylation is 2. The number of para-hydroxylation sites is 1. The molecule has 0 amide bonds. The maximum atomic E-state index is 5.08. The molecule has 0 spiro atoms. The van der Waals surface area contributed by atoms with Crippen LogP contribution in [0.15, 0.2) is 40.9 Å². The summed E-state index contributed by atoms with van der Waals surface area (Å²) in [7, 11) is 0. The molecular formula is C16H18N4O. The molecular weight excluding hydrogens is 264 g/mol. The van der Waals surface area contributed by atoms with E-state index in [1.54, 1.807) is 0 Å². The molecule has 3 rings (SSSR count). The molecule has 108 valence electrons. The van der Waals surface area contributed by atoms with Gasteiger partial charge in [0.05, 0.1) is 29.3 Å². The smallest absolute Gasteiger partial charge is 0.133 e. The number of hydrogen-bond acceptors (Lipinski definition) is 4. The zero-order valence-electron chi connectivity index (χ0n) is 12.4. The normalized spacial score (nSPS) is 10.8. The lowest BCUT2D eigenvalue weighted by molar-refractivity contribution is 0.391. The number of benzene rings is 1. The highest BCUT2D eigenvalue weighted by atomic mass is 16.5. The monoisotopic (exact) mass is 282 g/mol. The maximum Gasteiger partial charge on any atom is 0.133 e. The molecule has 5 nitrogen and oxygen atoms in total. The second kappa shape index (κ2) is 5.44. The summed E-state index contributed by atoms with van der Waals surface area (Å²) in [5.41, 5.74) is 5.04. The molecule has 0 bridgehead atoms. The van der Waals surface area contributed by atoms with Crippen molar-refractivity contribution >= 4 is 5.69 Å². The predicted octanol–water partition coefficient (Wildman–Crippen LogP) is 3.40. The molecule has 5 heteroatoms. The van der Waals surface area contributed by atoms with Gasteiger partial charge in [-0.15, -0.1) is 0 Å². The Morgan fingerprint density at radius 2 is 1.90 bits per heavy atom. The first kappa shape index (κ1) is 13.4. The van der Waals surface area contributed by atoms with Crippen LogP contribution in [-0.2, 0) is 6.54 Å². The van der Waals surface area contributed by atoms with E-state index in [0.29, 0.717) is 6.54 Å². The van der Waals surface area contributed by atoms with Crippen LogP contribution in [0.2, 0.25) is 0 Å². The number of aromatic nitrogens is 3. The van der Waals surface area contributed by atoms with Gasteiger partial charge in [-0.3, -0.25) is 0 Å². The Labute approximate surface area is 123 Å². The highest BCUT2D eigenvalue weighted by Crippen LogP contribution is 2.23. The minimum atomic E-state index is 0.625. The Morgan fingerprint density at radius 1 is 1.14 bits per heavy atom. The Balaban J connectivity index is 1.85. The molecule has 21 heavy (non-hydrogen) atoms. The Morgan fingerprint density at radius 3 is 2.57 bits per heavy atom. The Hall–Kier alpha value is -2.56. The van der Waals surface area contributed by atoms with Gasteiger partial charge in [-0.25, -0.2) is 4.68 Å². The first-order valence-corrected chi connectivity index (χ1v) is 6.93. The van der Waals surface area contributed by atoms with Gasteiger partial charge in [0.25, 0.3) is 0 Å². The number of nitrogens with zero attached hydrogens (tertiary/aromatic N) is 3. The zero-order chi connectivity index (χ0) is 14.8. The Bertz CT molecular complexity index is 743. The van der Waals surface area contributed by atoms with Crippen LogP contribution in [0.4, 0.5) is 5.69 Å². The van der Waals surface area contributed by atoms with Gasteiger partial charge < -0.3 is 9.84 Å². The van der Waals surface area contributed by atoms with E-state index in [9.17, 15) is 0 Å². The number of anilines is 1. The number of rotatable bonds is 4. The highest BCUT2D eigenvalue weighted by Gasteiger charge is 2.12. The van der Waals surface area contributed by atoms with Gasteiger partial charge in [0.15, 0.2) is 0 Å². The van der Waals surface area contributed by atoms with E-state index in [2.05, 4.69) is 22.5 Å². The van der Waals surface area contributed by atoms with Crippen LogP contribution in [-0.4, -0.2) is 14.9 Å². The number of hydrogen-bond donors (Lipinski definition) is 1. The summed E-state index contributed by atoms with van der Waals surface area (Å²) >= 11 is 0. The fourth-order valence-electron chi connectivity index (χ4n) is 2.40. The summed E-state index contributed by atoms with van der Waals surface area (Å²) < 4.78 is 7.03. The first-order valence-electron chi connectivity index (χ1n) is 6.93. The van der Waals surface area contributed by atoms with Crippen molar-refractivity contribution in [2.24, 2.45) is 0 Å². The van der Waals surface area contributed by atoms with Crippen LogP contribution in [0.5, 0.6) is 0 Å². The van der Waals surface area contributed by atoms with Gasteiger partial charge >= 0.3 is 0 Å². The fourth-order valence-corrected chi connectivity index (χ4v) is 2.40. The molecule has 0 aliphatic carbocycles. The van der Waals surface area contributed by atoms with Crippen molar-refractivity contribution in [1.82, 2.24) is 14.9 Å². The van der Waals surface area contributed by atoms with Crippen LogP contribution >= 0.6 is 0 Å². The predicted molar refractivity (Wildman–Crippen MR) is 81.6 cm³/mol. The summed E-state index contributed by atoms with van der Waals surface area (Å²) in [6, 6.07) is 12.0. The van der Waals surface area contributed by atoms with E-state index >= 15 is 0 Å². The van der Waals surface area contributed by atoms with Crippen LogP contribution in [0, 0.1) is 20.8 Å². The van der Waals surface area contributed by atoms with E-state index in [4.69, 9.17) is 4.52 Å². The minimum absolute atomic E-state index is 0.625. The van der Waals surface area contributed by atoms with E-state index in [1.807, 2.05) is 54.9 Å². The van der Waals surface area contributed by atoms with Crippen molar-refractivity contribution < 1.29 is 4.52 Å². The lowest BCUT2D eigenvalue weighted by Crippen LogP contribution is -2.02. The molecule has 1 aromatic carbocycles. The van der Waals surface area contributed by atoms with E-state index < -0.39 is 0 Å². The van der Waals surface area contributed by atoms with Gasteiger partial charge in [-0.1, -0.05) is 23.4 Å². The average molecular weight is 282 g/mol. The molecule has 0 unspecified atom stereocenters. The molecule has 1 N–H and O–H groups in total. The van der Waals surface area contributed by atoms with Crippen LogP contribution in [0.1, 0.15) is 22.8 Å². The highest BCUT2D eigenvalue weighted by molar-refractivity contribution is 5.54. The van der Waals surface area contributed by atoms with Gasteiger partial charge in [-0.2, -0.15) is 5.10 Å². The van der Waals surface area contributed by atoms with Crippen molar-refractivity contribution in [3.63, 3.8) is 0 Å². The van der Waals surface area contributed by atoms with Gasteiger partial charge in [0, 0.05) is 6.07 Å². The van der Waals surface area contributed by atoms with Gasteiger partial charge in [0.1, 0.15) is 11.5 Å². The van der Waals surface area contributed by atoms with Crippen molar-refractivity contribution in [2.75, 3.05) is 5.32 Å². The third kappa shape index (κ3) is 2.67. The molecule has 0 saturated heterocycles. The molecule has 0 aliphatic heterocycles. The van der Waals surface area contributed by atoms with Gasteiger partial charge in [0.2, 0.25) is 0 Å².